The first-order valence-electron chi connectivity index (χ1n) is 8.87. The number of rotatable bonds is 3. The second-order valence-electron chi connectivity index (χ2n) is 6.82. The van der Waals surface area contributed by atoms with Gasteiger partial charge in [0.05, 0.1) is 20.6 Å². The van der Waals surface area contributed by atoms with Gasteiger partial charge in [-0.2, -0.15) is 4.99 Å². The number of carboxylic acids is 1. The van der Waals surface area contributed by atoms with E-state index in [0.29, 0.717) is 16.5 Å². The molecule has 10 heteroatoms. The Labute approximate surface area is 194 Å². The van der Waals surface area contributed by atoms with Gasteiger partial charge in [0.2, 0.25) is 6.08 Å². The summed E-state index contributed by atoms with van der Waals surface area (Å²) in [5.41, 5.74) is 0.0485. The summed E-state index contributed by atoms with van der Waals surface area (Å²) in [6.45, 7) is 1.64. The predicted octanol–water partition coefficient (Wildman–Crippen LogP) is 6.20. The van der Waals surface area contributed by atoms with Crippen molar-refractivity contribution in [3.63, 3.8) is 0 Å². The van der Waals surface area contributed by atoms with Crippen molar-refractivity contribution in [2.45, 2.75) is 6.92 Å². The van der Waals surface area contributed by atoms with Gasteiger partial charge in [0.15, 0.2) is 5.43 Å². The first-order chi connectivity index (χ1) is 15.1. The van der Waals surface area contributed by atoms with E-state index in [1.165, 1.54) is 30.3 Å². The fourth-order valence-corrected chi connectivity index (χ4v) is 4.38. The summed E-state index contributed by atoms with van der Waals surface area (Å²) >= 11 is 19.1. The molecule has 0 bridgehead atoms. The zero-order valence-electron chi connectivity index (χ0n) is 16.0. The minimum absolute atomic E-state index is 0.0615. The highest BCUT2D eigenvalue weighted by atomic mass is 35.5. The number of aryl methyl sites for hydroxylation is 1. The SMILES string of the molecule is Cc1cc2c(-c3c(Cl)c(Cl)c(N=C=O)c(Cl)c3C(=O)O)c3ccc(=O)cc-3oc2cc1O. The van der Waals surface area contributed by atoms with E-state index in [9.17, 15) is 24.6 Å². The highest BCUT2D eigenvalue weighted by molar-refractivity contribution is 6.49. The normalized spacial score (nSPS) is 11.0. The maximum Gasteiger partial charge on any atom is 0.337 e. The molecule has 0 fully saturated rings. The number of phenols is 1. The van der Waals surface area contributed by atoms with Crippen molar-refractivity contribution in [1.82, 2.24) is 0 Å². The van der Waals surface area contributed by atoms with E-state index < -0.39 is 16.6 Å². The van der Waals surface area contributed by atoms with Crippen LogP contribution in [0.25, 0.3) is 33.4 Å². The third-order valence-electron chi connectivity index (χ3n) is 4.93. The Morgan fingerprint density at radius 1 is 1.06 bits per heavy atom. The average Bonchev–Trinajstić information content (AvgIpc) is 2.73. The van der Waals surface area contributed by atoms with Crippen molar-refractivity contribution in [2.24, 2.45) is 4.99 Å². The fourth-order valence-electron chi connectivity index (χ4n) is 3.51. The van der Waals surface area contributed by atoms with E-state index in [-0.39, 0.29) is 49.4 Å². The molecular formula is C22H10Cl3NO6. The number of nitrogens with zero attached hydrogens (tertiary/aromatic N) is 1. The number of aromatic hydroxyl groups is 1. The summed E-state index contributed by atoms with van der Waals surface area (Å²) in [6.07, 6.45) is 1.27. The van der Waals surface area contributed by atoms with Gasteiger partial charge in [-0.3, -0.25) is 4.79 Å². The van der Waals surface area contributed by atoms with Gasteiger partial charge in [-0.25, -0.2) is 9.59 Å². The maximum absolute atomic E-state index is 12.2. The monoisotopic (exact) mass is 489 g/mol. The van der Waals surface area contributed by atoms with E-state index in [4.69, 9.17) is 39.2 Å². The smallest absolute Gasteiger partial charge is 0.337 e. The van der Waals surface area contributed by atoms with Crippen LogP contribution in [0.3, 0.4) is 0 Å². The molecule has 1 heterocycles. The van der Waals surface area contributed by atoms with Crippen LogP contribution in [0, 0.1) is 6.92 Å². The standard InChI is InChI=1S/C22H10Cl3NO6/c1-8-4-11-14(6-12(8)29)32-13-5-9(28)2-3-10(13)15(11)16-17(22(30)31)19(24)21(26-7-27)20(25)18(16)23/h2-6,29H,1H3,(H,30,31). The third kappa shape index (κ3) is 3.32. The van der Waals surface area contributed by atoms with Crippen LogP contribution in [0.2, 0.25) is 15.1 Å². The Bertz CT molecular complexity index is 1540. The molecule has 160 valence electrons. The van der Waals surface area contributed by atoms with E-state index >= 15 is 0 Å². The van der Waals surface area contributed by atoms with Crippen molar-refractivity contribution < 1.29 is 24.2 Å². The van der Waals surface area contributed by atoms with Gasteiger partial charge in [-0.1, -0.05) is 34.8 Å². The van der Waals surface area contributed by atoms with Crippen molar-refractivity contribution in [3.05, 3.63) is 66.7 Å². The van der Waals surface area contributed by atoms with Gasteiger partial charge < -0.3 is 14.6 Å². The number of carbonyl (C=O) groups is 1. The first-order valence-corrected chi connectivity index (χ1v) is 10.0. The van der Waals surface area contributed by atoms with Crippen LogP contribution < -0.4 is 5.43 Å². The van der Waals surface area contributed by atoms with E-state index in [2.05, 4.69) is 4.99 Å². The van der Waals surface area contributed by atoms with Crippen LogP contribution in [-0.2, 0) is 4.79 Å². The topological polar surface area (TPSA) is 117 Å². The average molecular weight is 491 g/mol. The van der Waals surface area contributed by atoms with Crippen LogP contribution in [0.5, 0.6) is 5.75 Å². The van der Waals surface area contributed by atoms with Crippen molar-refractivity contribution in [3.8, 4) is 28.2 Å². The number of benzene rings is 3. The number of hydrogen-bond acceptors (Lipinski definition) is 6. The Morgan fingerprint density at radius 2 is 1.78 bits per heavy atom. The lowest BCUT2D eigenvalue weighted by molar-refractivity contribution is 0.0698. The molecule has 2 N–H and O–H groups in total. The second-order valence-corrected chi connectivity index (χ2v) is 7.95. The summed E-state index contributed by atoms with van der Waals surface area (Å²) in [5, 5.41) is 19.6. The summed E-state index contributed by atoms with van der Waals surface area (Å²) in [4.78, 5) is 38.4. The van der Waals surface area contributed by atoms with Gasteiger partial charge >= 0.3 is 5.97 Å². The minimum atomic E-state index is -1.45. The quantitative estimate of drug-likeness (QED) is 0.153. The summed E-state index contributed by atoms with van der Waals surface area (Å²) in [7, 11) is 0. The number of carbonyl (C=O) groups excluding carboxylic acids is 1. The van der Waals surface area contributed by atoms with Crippen molar-refractivity contribution in [2.75, 3.05) is 0 Å². The van der Waals surface area contributed by atoms with Crippen molar-refractivity contribution in [1.29, 1.82) is 0 Å². The molecule has 2 aliphatic rings. The largest absolute Gasteiger partial charge is 0.508 e. The fraction of sp³-hybridized carbons (Fsp3) is 0.0455. The summed E-state index contributed by atoms with van der Waals surface area (Å²) in [6, 6.07) is 6.88. The third-order valence-corrected chi connectivity index (χ3v) is 6.14. The highest BCUT2D eigenvalue weighted by Gasteiger charge is 2.30. The zero-order valence-corrected chi connectivity index (χ0v) is 18.3. The van der Waals surface area contributed by atoms with Gasteiger partial charge in [0.1, 0.15) is 22.8 Å². The Hall–Kier alpha value is -3.35. The molecule has 0 aromatic heterocycles. The van der Waals surface area contributed by atoms with Crippen LogP contribution >= 0.6 is 34.8 Å². The lowest BCUT2D eigenvalue weighted by atomic mass is 9.89. The molecule has 32 heavy (non-hydrogen) atoms. The molecule has 0 unspecified atom stereocenters. The zero-order chi connectivity index (χ0) is 23.3. The maximum atomic E-state index is 12.2. The summed E-state index contributed by atoms with van der Waals surface area (Å²) < 4.78 is 5.80. The lowest BCUT2D eigenvalue weighted by Crippen LogP contribution is -2.06. The Morgan fingerprint density at radius 3 is 2.44 bits per heavy atom. The number of fused-ring (bicyclic) bond motifs is 2. The van der Waals surface area contributed by atoms with Crippen LogP contribution in [-0.4, -0.2) is 22.3 Å². The van der Waals surface area contributed by atoms with Gasteiger partial charge in [0, 0.05) is 34.2 Å². The van der Waals surface area contributed by atoms with Gasteiger partial charge in [-0.15, -0.1) is 0 Å². The number of carboxylic acid groups (broad SMARTS) is 1. The Balaban J connectivity index is 2.33. The number of hydrogen-bond donors (Lipinski definition) is 2. The lowest BCUT2D eigenvalue weighted by Gasteiger charge is -2.20. The predicted molar refractivity (Wildman–Crippen MR) is 121 cm³/mol. The number of aromatic carboxylic acids is 1. The molecule has 7 nitrogen and oxygen atoms in total. The number of aliphatic imine (C=N–C) groups is 1. The van der Waals surface area contributed by atoms with E-state index in [0.717, 1.165) is 0 Å². The van der Waals surface area contributed by atoms with Crippen LogP contribution in [0.1, 0.15) is 15.9 Å². The molecule has 2 aromatic rings. The molecule has 1 aliphatic heterocycles. The van der Waals surface area contributed by atoms with Crippen molar-refractivity contribution >= 4 is 63.5 Å². The second kappa shape index (κ2) is 7.97. The van der Waals surface area contributed by atoms with Crippen LogP contribution in [0.15, 0.2) is 44.5 Å². The molecule has 2 aromatic carbocycles. The molecule has 0 saturated heterocycles. The highest BCUT2D eigenvalue weighted by Crippen LogP contribution is 2.51. The Kier molecular flexibility index (Phi) is 5.44. The minimum Gasteiger partial charge on any atom is -0.508 e. The number of halogens is 3. The molecule has 1 aliphatic carbocycles. The molecule has 0 spiro atoms. The number of isocyanates is 1. The van der Waals surface area contributed by atoms with Gasteiger partial charge in [-0.05, 0) is 30.7 Å². The molecule has 0 saturated carbocycles. The molecule has 0 atom stereocenters. The molecule has 4 rings (SSSR count). The van der Waals surface area contributed by atoms with E-state index in [1.807, 2.05) is 0 Å². The van der Waals surface area contributed by atoms with Gasteiger partial charge in [0.25, 0.3) is 0 Å². The summed E-state index contributed by atoms with van der Waals surface area (Å²) in [5.74, 6) is -1.40. The van der Waals surface area contributed by atoms with E-state index in [1.54, 1.807) is 13.0 Å². The molecule has 0 amide bonds. The molecular weight excluding hydrogens is 481 g/mol. The first kappa shape index (κ1) is 21.9. The number of phenolic OH excluding ortho intramolecular Hbond substituents is 1. The molecule has 0 radical (unpaired) electrons. The van der Waals surface area contributed by atoms with Crippen LogP contribution in [0.4, 0.5) is 5.69 Å².